The van der Waals surface area contributed by atoms with E-state index in [1.165, 1.54) is 13.2 Å². The van der Waals surface area contributed by atoms with Gasteiger partial charge in [-0.25, -0.2) is 4.39 Å². The maximum atomic E-state index is 13.7. The van der Waals surface area contributed by atoms with Gasteiger partial charge in [-0.1, -0.05) is 12.1 Å². The first-order chi connectivity index (χ1) is 9.65. The molecule has 0 amide bonds. The molecule has 2 aromatic rings. The van der Waals surface area contributed by atoms with E-state index in [1.54, 1.807) is 24.3 Å². The molecule has 0 fully saturated rings. The highest BCUT2D eigenvalue weighted by molar-refractivity contribution is 9.10. The Morgan fingerprint density at radius 3 is 2.80 bits per heavy atom. The molecule has 1 N–H and O–H groups in total. The Hall–Kier alpha value is -2.06. The SMILES string of the molecule is COc1ccc(CNc2c(F)cccc2Br)cc1C#N. The molecular weight excluding hydrogens is 323 g/mol. The highest BCUT2D eigenvalue weighted by Crippen LogP contribution is 2.26. The lowest BCUT2D eigenvalue weighted by Crippen LogP contribution is -2.03. The summed E-state index contributed by atoms with van der Waals surface area (Å²) in [5, 5.41) is 12.0. The number of benzene rings is 2. The smallest absolute Gasteiger partial charge is 0.147 e. The largest absolute Gasteiger partial charge is 0.495 e. The van der Waals surface area contributed by atoms with Crippen LogP contribution in [0.3, 0.4) is 0 Å². The minimum atomic E-state index is -0.326. The van der Waals surface area contributed by atoms with Gasteiger partial charge in [0.25, 0.3) is 0 Å². The van der Waals surface area contributed by atoms with Crippen LogP contribution in [0.5, 0.6) is 5.75 Å². The van der Waals surface area contributed by atoms with E-state index in [9.17, 15) is 4.39 Å². The van der Waals surface area contributed by atoms with Crippen molar-refractivity contribution < 1.29 is 9.13 Å². The Kier molecular flexibility index (Phi) is 4.59. The summed E-state index contributed by atoms with van der Waals surface area (Å²) in [6.45, 7) is 0.415. The third-order valence-corrected chi connectivity index (χ3v) is 3.48. The molecule has 0 saturated carbocycles. The summed E-state index contributed by atoms with van der Waals surface area (Å²) in [5.41, 5.74) is 1.73. The Labute approximate surface area is 125 Å². The van der Waals surface area contributed by atoms with Crippen molar-refractivity contribution in [3.63, 3.8) is 0 Å². The molecule has 0 unspecified atom stereocenters. The Morgan fingerprint density at radius 2 is 2.15 bits per heavy atom. The van der Waals surface area contributed by atoms with Crippen LogP contribution in [0.25, 0.3) is 0 Å². The number of halogens is 2. The molecule has 0 aliphatic heterocycles. The minimum Gasteiger partial charge on any atom is -0.495 e. The predicted molar refractivity (Wildman–Crippen MR) is 79.1 cm³/mol. The lowest BCUT2D eigenvalue weighted by molar-refractivity contribution is 0.413. The number of anilines is 1. The molecular formula is C15H12BrFN2O. The lowest BCUT2D eigenvalue weighted by Gasteiger charge is -2.11. The first kappa shape index (κ1) is 14.4. The Bertz CT molecular complexity index is 647. The molecule has 20 heavy (non-hydrogen) atoms. The standard InChI is InChI=1S/C15H12BrFN2O/c1-20-14-6-5-10(7-11(14)8-18)9-19-15-12(16)3-2-4-13(15)17/h2-7,19H,9H2,1H3. The quantitative estimate of drug-likeness (QED) is 0.916. The number of nitrogens with zero attached hydrogens (tertiary/aromatic N) is 1. The highest BCUT2D eigenvalue weighted by atomic mass is 79.9. The van der Waals surface area contributed by atoms with Gasteiger partial charge in [-0.05, 0) is 45.8 Å². The van der Waals surface area contributed by atoms with Gasteiger partial charge in [0.2, 0.25) is 0 Å². The van der Waals surface area contributed by atoms with Crippen LogP contribution in [0.1, 0.15) is 11.1 Å². The van der Waals surface area contributed by atoms with E-state index in [0.29, 0.717) is 28.0 Å². The van der Waals surface area contributed by atoms with Crippen LogP contribution in [0.2, 0.25) is 0 Å². The zero-order valence-electron chi connectivity index (χ0n) is 10.8. The zero-order valence-corrected chi connectivity index (χ0v) is 12.4. The Balaban J connectivity index is 2.18. The monoisotopic (exact) mass is 334 g/mol. The summed E-state index contributed by atoms with van der Waals surface area (Å²) >= 11 is 3.30. The van der Waals surface area contributed by atoms with Crippen LogP contribution in [0, 0.1) is 17.1 Å². The van der Waals surface area contributed by atoms with Crippen molar-refractivity contribution in [2.24, 2.45) is 0 Å². The van der Waals surface area contributed by atoms with E-state index in [2.05, 4.69) is 27.3 Å². The van der Waals surface area contributed by atoms with E-state index < -0.39 is 0 Å². The summed E-state index contributed by atoms with van der Waals surface area (Å²) in [6, 6.07) is 12.1. The number of hydrogen-bond acceptors (Lipinski definition) is 3. The molecule has 0 heterocycles. The van der Waals surface area contributed by atoms with Gasteiger partial charge in [-0.15, -0.1) is 0 Å². The topological polar surface area (TPSA) is 45.0 Å². The van der Waals surface area contributed by atoms with Crippen molar-refractivity contribution in [3.05, 3.63) is 57.8 Å². The molecule has 3 nitrogen and oxygen atoms in total. The number of methoxy groups -OCH3 is 1. The number of nitriles is 1. The summed E-state index contributed by atoms with van der Waals surface area (Å²) in [4.78, 5) is 0. The van der Waals surface area contributed by atoms with Crippen LogP contribution >= 0.6 is 15.9 Å². The maximum absolute atomic E-state index is 13.7. The van der Waals surface area contributed by atoms with Crippen LogP contribution in [-0.2, 0) is 6.54 Å². The fourth-order valence-corrected chi connectivity index (χ4v) is 2.29. The normalized spacial score (nSPS) is 9.90. The van der Waals surface area contributed by atoms with Crippen LogP contribution in [0.4, 0.5) is 10.1 Å². The fourth-order valence-electron chi connectivity index (χ4n) is 1.81. The molecule has 0 saturated heterocycles. The molecule has 0 spiro atoms. The van der Waals surface area contributed by atoms with E-state index in [1.807, 2.05) is 6.07 Å². The summed E-state index contributed by atoms with van der Waals surface area (Å²) in [7, 11) is 1.52. The maximum Gasteiger partial charge on any atom is 0.147 e. The number of para-hydroxylation sites is 1. The molecule has 2 rings (SSSR count). The van der Waals surface area contributed by atoms with E-state index in [4.69, 9.17) is 10.00 Å². The van der Waals surface area contributed by atoms with Gasteiger partial charge in [0, 0.05) is 11.0 Å². The van der Waals surface area contributed by atoms with Crippen molar-refractivity contribution in [1.82, 2.24) is 0 Å². The van der Waals surface area contributed by atoms with Gasteiger partial charge in [0.05, 0.1) is 18.4 Å². The van der Waals surface area contributed by atoms with E-state index in [0.717, 1.165) is 5.56 Å². The highest BCUT2D eigenvalue weighted by Gasteiger charge is 2.07. The van der Waals surface area contributed by atoms with Crippen molar-refractivity contribution in [2.45, 2.75) is 6.54 Å². The zero-order chi connectivity index (χ0) is 14.5. The second-order valence-corrected chi connectivity index (χ2v) is 4.95. The average molecular weight is 335 g/mol. The molecule has 0 aromatic heterocycles. The fraction of sp³-hybridized carbons (Fsp3) is 0.133. The third kappa shape index (κ3) is 3.09. The second kappa shape index (κ2) is 6.40. The number of rotatable bonds is 4. The molecule has 0 atom stereocenters. The number of nitrogens with one attached hydrogen (secondary N) is 1. The summed E-state index contributed by atoms with van der Waals surface area (Å²) < 4.78 is 19.4. The van der Waals surface area contributed by atoms with Gasteiger partial charge >= 0.3 is 0 Å². The van der Waals surface area contributed by atoms with Gasteiger partial charge in [-0.3, -0.25) is 0 Å². The molecule has 0 aliphatic rings. The van der Waals surface area contributed by atoms with E-state index >= 15 is 0 Å². The van der Waals surface area contributed by atoms with Crippen LogP contribution in [-0.4, -0.2) is 7.11 Å². The predicted octanol–water partition coefficient (Wildman–Crippen LogP) is 4.08. The first-order valence-electron chi connectivity index (χ1n) is 5.90. The average Bonchev–Trinajstić information content (AvgIpc) is 2.46. The first-order valence-corrected chi connectivity index (χ1v) is 6.70. The summed E-state index contributed by atoms with van der Waals surface area (Å²) in [6.07, 6.45) is 0. The van der Waals surface area contributed by atoms with Crippen molar-refractivity contribution >= 4 is 21.6 Å². The van der Waals surface area contributed by atoms with Crippen molar-refractivity contribution in [3.8, 4) is 11.8 Å². The molecule has 0 radical (unpaired) electrons. The molecule has 5 heteroatoms. The van der Waals surface area contributed by atoms with Gasteiger partial charge in [-0.2, -0.15) is 5.26 Å². The lowest BCUT2D eigenvalue weighted by atomic mass is 10.1. The molecule has 102 valence electrons. The molecule has 0 aliphatic carbocycles. The second-order valence-electron chi connectivity index (χ2n) is 4.10. The minimum absolute atomic E-state index is 0.326. The summed E-state index contributed by atoms with van der Waals surface area (Å²) in [5.74, 6) is 0.205. The van der Waals surface area contributed by atoms with Crippen LogP contribution < -0.4 is 10.1 Å². The number of ether oxygens (including phenoxy) is 1. The third-order valence-electron chi connectivity index (χ3n) is 2.82. The van der Waals surface area contributed by atoms with Crippen LogP contribution in [0.15, 0.2) is 40.9 Å². The Morgan fingerprint density at radius 1 is 1.35 bits per heavy atom. The van der Waals surface area contributed by atoms with Gasteiger partial charge < -0.3 is 10.1 Å². The van der Waals surface area contributed by atoms with E-state index in [-0.39, 0.29) is 5.82 Å². The van der Waals surface area contributed by atoms with Gasteiger partial charge in [0.1, 0.15) is 17.6 Å². The van der Waals surface area contributed by atoms with Gasteiger partial charge in [0.15, 0.2) is 0 Å². The molecule has 2 aromatic carbocycles. The number of hydrogen-bond donors (Lipinski definition) is 1. The molecule has 0 bridgehead atoms. The van der Waals surface area contributed by atoms with Crippen molar-refractivity contribution in [2.75, 3.05) is 12.4 Å². The van der Waals surface area contributed by atoms with Crippen molar-refractivity contribution in [1.29, 1.82) is 5.26 Å².